The Balaban J connectivity index is 1.35. The number of nitrogens with zero attached hydrogens (tertiary/aromatic N) is 3. The van der Waals surface area contributed by atoms with Crippen LogP contribution in [0.2, 0.25) is 0 Å². The second-order valence-electron chi connectivity index (χ2n) is 9.13. The van der Waals surface area contributed by atoms with Gasteiger partial charge in [0.2, 0.25) is 0 Å². The maximum atomic E-state index is 12.2. The molecule has 3 aromatic carbocycles. The van der Waals surface area contributed by atoms with E-state index in [9.17, 15) is 5.11 Å². The Hall–Kier alpha value is -3.70. The second-order valence-corrected chi connectivity index (χ2v) is 9.13. The minimum atomic E-state index is -1.04. The maximum Gasteiger partial charge on any atom is 0.196 e. The molecule has 0 atom stereocenters. The van der Waals surface area contributed by atoms with Gasteiger partial charge in [-0.3, -0.25) is 0 Å². The van der Waals surface area contributed by atoms with E-state index in [2.05, 4.69) is 9.88 Å². The monoisotopic (exact) mass is 449 g/mol. The first-order chi connectivity index (χ1) is 16.6. The van der Waals surface area contributed by atoms with Crippen LogP contribution in [-0.2, 0) is 5.60 Å². The highest BCUT2D eigenvalue weighted by Crippen LogP contribution is 2.43. The van der Waals surface area contributed by atoms with Crippen LogP contribution < -0.4 is 4.90 Å². The number of aryl methyl sites for hydroxylation is 1. The van der Waals surface area contributed by atoms with Crippen LogP contribution in [0.25, 0.3) is 22.1 Å². The fourth-order valence-corrected chi connectivity index (χ4v) is 5.43. The number of benzene rings is 3. The summed E-state index contributed by atoms with van der Waals surface area (Å²) in [5, 5.41) is 13.2. The SMILES string of the molecule is Cc1nc(N2CCC(C(O)(c3ccccc3)c3ccccc3)CC2)c2oc3ccccc3c2n1. The number of aromatic nitrogens is 2. The van der Waals surface area contributed by atoms with E-state index in [-0.39, 0.29) is 5.92 Å². The van der Waals surface area contributed by atoms with E-state index < -0.39 is 5.60 Å². The summed E-state index contributed by atoms with van der Waals surface area (Å²) in [6, 6.07) is 28.1. The number of fused-ring (bicyclic) bond motifs is 3. The van der Waals surface area contributed by atoms with Crippen LogP contribution in [0, 0.1) is 12.8 Å². The molecule has 170 valence electrons. The van der Waals surface area contributed by atoms with Gasteiger partial charge in [0.25, 0.3) is 0 Å². The van der Waals surface area contributed by atoms with Crippen LogP contribution >= 0.6 is 0 Å². The van der Waals surface area contributed by atoms with Crippen LogP contribution in [0.5, 0.6) is 0 Å². The second kappa shape index (κ2) is 8.26. The van der Waals surface area contributed by atoms with Crippen LogP contribution in [0.1, 0.15) is 29.8 Å². The van der Waals surface area contributed by atoms with Crippen molar-refractivity contribution in [2.24, 2.45) is 5.92 Å². The number of hydrogen-bond acceptors (Lipinski definition) is 5. The summed E-state index contributed by atoms with van der Waals surface area (Å²) < 4.78 is 6.21. The summed E-state index contributed by atoms with van der Waals surface area (Å²) >= 11 is 0. The van der Waals surface area contributed by atoms with Crippen LogP contribution in [-0.4, -0.2) is 28.2 Å². The molecule has 34 heavy (non-hydrogen) atoms. The number of furan rings is 1. The first-order valence-electron chi connectivity index (χ1n) is 11.9. The normalized spacial score (nSPS) is 15.3. The van der Waals surface area contributed by atoms with Gasteiger partial charge < -0.3 is 14.4 Å². The van der Waals surface area contributed by atoms with Gasteiger partial charge >= 0.3 is 0 Å². The van der Waals surface area contributed by atoms with Crippen molar-refractivity contribution in [1.29, 1.82) is 0 Å². The minimum Gasteiger partial charge on any atom is -0.450 e. The molecule has 1 aliphatic rings. The zero-order chi connectivity index (χ0) is 23.1. The third kappa shape index (κ3) is 3.35. The van der Waals surface area contributed by atoms with E-state index in [4.69, 9.17) is 9.40 Å². The quantitative estimate of drug-likeness (QED) is 0.374. The van der Waals surface area contributed by atoms with Gasteiger partial charge in [0.15, 0.2) is 11.4 Å². The van der Waals surface area contributed by atoms with Gasteiger partial charge in [-0.05, 0) is 48.9 Å². The molecule has 0 saturated carbocycles. The van der Waals surface area contributed by atoms with Crippen molar-refractivity contribution < 1.29 is 9.52 Å². The minimum absolute atomic E-state index is 0.0858. The standard InChI is InChI=1S/C29H27N3O2/c1-20-30-26-24-14-8-9-15-25(24)34-27(26)28(31-20)32-18-16-23(17-19-32)29(33,21-10-4-2-5-11-21)22-12-6-3-7-13-22/h2-15,23,33H,16-19H2,1H3. The molecule has 5 aromatic rings. The van der Waals surface area contributed by atoms with Gasteiger partial charge in [0.05, 0.1) is 0 Å². The Morgan fingerprint density at radius 1 is 0.824 bits per heavy atom. The van der Waals surface area contributed by atoms with Crippen molar-refractivity contribution in [3.63, 3.8) is 0 Å². The van der Waals surface area contributed by atoms with Gasteiger partial charge in [0.1, 0.15) is 22.5 Å². The molecular formula is C29H27N3O2. The number of rotatable bonds is 4. The molecule has 5 heteroatoms. The lowest BCUT2D eigenvalue weighted by Crippen LogP contribution is -2.44. The third-order valence-electron chi connectivity index (χ3n) is 7.13. The van der Waals surface area contributed by atoms with E-state index in [0.717, 1.165) is 70.8 Å². The van der Waals surface area contributed by atoms with E-state index in [0.29, 0.717) is 0 Å². The predicted octanol–water partition coefficient (Wildman–Crippen LogP) is 5.84. The zero-order valence-electron chi connectivity index (χ0n) is 19.2. The molecule has 1 aliphatic heterocycles. The van der Waals surface area contributed by atoms with E-state index >= 15 is 0 Å². The molecule has 0 amide bonds. The lowest BCUT2D eigenvalue weighted by molar-refractivity contribution is 0.00501. The van der Waals surface area contributed by atoms with Crippen molar-refractivity contribution in [2.75, 3.05) is 18.0 Å². The van der Waals surface area contributed by atoms with Gasteiger partial charge in [-0.25, -0.2) is 9.97 Å². The fourth-order valence-electron chi connectivity index (χ4n) is 5.43. The summed E-state index contributed by atoms with van der Waals surface area (Å²) in [7, 11) is 0. The highest BCUT2D eigenvalue weighted by atomic mass is 16.3. The Kier molecular flexibility index (Phi) is 5.07. The van der Waals surface area contributed by atoms with Gasteiger partial charge in [-0.2, -0.15) is 0 Å². The molecule has 2 aromatic heterocycles. The van der Waals surface area contributed by atoms with Crippen LogP contribution in [0.15, 0.2) is 89.3 Å². The fraction of sp³-hybridized carbons (Fsp3) is 0.241. The molecule has 1 fully saturated rings. The smallest absolute Gasteiger partial charge is 0.196 e. The van der Waals surface area contributed by atoms with Crippen molar-refractivity contribution in [3.8, 4) is 0 Å². The molecule has 5 nitrogen and oxygen atoms in total. The predicted molar refractivity (Wildman–Crippen MR) is 135 cm³/mol. The molecule has 0 unspecified atom stereocenters. The Morgan fingerprint density at radius 3 is 2.06 bits per heavy atom. The Bertz CT molecular complexity index is 1400. The number of hydrogen-bond donors (Lipinski definition) is 1. The third-order valence-corrected chi connectivity index (χ3v) is 7.13. The Morgan fingerprint density at radius 2 is 1.41 bits per heavy atom. The average Bonchev–Trinajstić information content (AvgIpc) is 3.27. The molecular weight excluding hydrogens is 422 g/mol. The van der Waals surface area contributed by atoms with Crippen LogP contribution in [0.4, 0.5) is 5.82 Å². The molecule has 0 aliphatic carbocycles. The van der Waals surface area contributed by atoms with Crippen molar-refractivity contribution in [1.82, 2.24) is 9.97 Å². The number of anilines is 1. The molecule has 0 bridgehead atoms. The van der Waals surface area contributed by atoms with Crippen molar-refractivity contribution in [2.45, 2.75) is 25.4 Å². The zero-order valence-corrected chi connectivity index (χ0v) is 19.2. The van der Waals surface area contributed by atoms with Crippen molar-refractivity contribution in [3.05, 3.63) is 102 Å². The topological polar surface area (TPSA) is 62.4 Å². The molecule has 1 N–H and O–H groups in total. The van der Waals surface area contributed by atoms with Gasteiger partial charge in [-0.1, -0.05) is 72.8 Å². The summed E-state index contributed by atoms with van der Waals surface area (Å²) in [5.74, 6) is 1.67. The van der Waals surface area contributed by atoms with E-state index in [1.54, 1.807) is 0 Å². The van der Waals surface area contributed by atoms with Gasteiger partial charge in [-0.15, -0.1) is 0 Å². The summed E-state index contributed by atoms with van der Waals surface area (Å²) in [5.41, 5.74) is 3.28. The molecule has 0 spiro atoms. The average molecular weight is 450 g/mol. The largest absolute Gasteiger partial charge is 0.450 e. The number of aliphatic hydroxyl groups is 1. The molecule has 6 rings (SSSR count). The summed E-state index contributed by atoms with van der Waals surface area (Å²) in [6.07, 6.45) is 1.68. The molecule has 1 saturated heterocycles. The van der Waals surface area contributed by atoms with Crippen LogP contribution in [0.3, 0.4) is 0 Å². The number of piperidine rings is 1. The Labute approximate surface area is 198 Å². The van der Waals surface area contributed by atoms with Gasteiger partial charge in [0, 0.05) is 18.5 Å². The first kappa shape index (κ1) is 20.9. The highest BCUT2D eigenvalue weighted by molar-refractivity contribution is 6.05. The summed E-state index contributed by atoms with van der Waals surface area (Å²) in [4.78, 5) is 11.7. The highest BCUT2D eigenvalue weighted by Gasteiger charge is 2.42. The van der Waals surface area contributed by atoms with E-state index in [1.807, 2.05) is 91.9 Å². The molecule has 3 heterocycles. The van der Waals surface area contributed by atoms with E-state index in [1.165, 1.54) is 0 Å². The molecule has 0 radical (unpaired) electrons. The lowest BCUT2D eigenvalue weighted by atomic mass is 9.72. The summed E-state index contributed by atoms with van der Waals surface area (Å²) in [6.45, 7) is 3.51. The lowest BCUT2D eigenvalue weighted by Gasteiger charge is -2.42. The van der Waals surface area contributed by atoms with Crippen molar-refractivity contribution >= 4 is 27.9 Å². The first-order valence-corrected chi connectivity index (χ1v) is 11.9. The maximum absolute atomic E-state index is 12.2. The number of para-hydroxylation sites is 1.